The van der Waals surface area contributed by atoms with Gasteiger partial charge < -0.3 is 16.0 Å². The standard InChI is InChI=1S/C30H34N4O3/c1-19(22-7-8-22)25(13-20-5-3-2-4-6-20)27(35)18-34-28(36)30(33-29(34)37)12-11-23-14-24(9-10-26(23)30)32-17-21-15-31-16-21/h2-6,9-12,14,19,21-22,25,31-32H,7-8,13,15-18H2,1H3,(H,33,37)/t19-,25?,30?/m0/s1. The van der Waals surface area contributed by atoms with E-state index in [1.807, 2.05) is 54.6 Å². The summed E-state index contributed by atoms with van der Waals surface area (Å²) in [4.78, 5) is 41.5. The third-order valence-electron chi connectivity index (χ3n) is 8.61. The molecule has 6 rings (SSSR count). The molecule has 2 unspecified atom stereocenters. The number of imide groups is 1. The first-order valence-electron chi connectivity index (χ1n) is 13.4. The third-order valence-corrected chi connectivity index (χ3v) is 8.61. The summed E-state index contributed by atoms with van der Waals surface area (Å²) in [5, 5.41) is 9.64. The fraction of sp³-hybridized carbons (Fsp3) is 0.433. The lowest BCUT2D eigenvalue weighted by atomic mass is 9.81. The van der Waals surface area contributed by atoms with Crippen molar-refractivity contribution in [2.75, 3.05) is 31.5 Å². The highest BCUT2D eigenvalue weighted by molar-refractivity contribution is 6.12. The average Bonchev–Trinajstić information content (AvgIpc) is 3.63. The summed E-state index contributed by atoms with van der Waals surface area (Å²) in [5.41, 5.74) is 2.52. The molecular weight excluding hydrogens is 464 g/mol. The number of urea groups is 1. The average molecular weight is 499 g/mol. The van der Waals surface area contributed by atoms with E-state index in [1.54, 1.807) is 6.08 Å². The molecule has 2 heterocycles. The van der Waals surface area contributed by atoms with Crippen molar-refractivity contribution >= 4 is 29.5 Å². The molecule has 2 saturated heterocycles. The van der Waals surface area contributed by atoms with Gasteiger partial charge in [0, 0.05) is 37.2 Å². The highest BCUT2D eigenvalue weighted by atomic mass is 16.2. The number of benzene rings is 2. The number of carbonyl (C=O) groups is 3. The molecule has 0 aromatic heterocycles. The van der Waals surface area contributed by atoms with Crippen molar-refractivity contribution in [1.29, 1.82) is 0 Å². The van der Waals surface area contributed by atoms with Crippen LogP contribution in [0.25, 0.3) is 6.08 Å². The molecule has 3 fully saturated rings. The summed E-state index contributed by atoms with van der Waals surface area (Å²) in [6.07, 6.45) is 6.56. The molecular formula is C30H34N4O3. The fourth-order valence-corrected chi connectivity index (χ4v) is 5.95. The van der Waals surface area contributed by atoms with Crippen LogP contribution in [-0.2, 0) is 21.5 Å². The molecule has 3 atom stereocenters. The van der Waals surface area contributed by atoms with Crippen LogP contribution in [-0.4, -0.2) is 48.8 Å². The number of rotatable bonds is 10. The Morgan fingerprint density at radius 1 is 1.14 bits per heavy atom. The number of hydrogen-bond acceptors (Lipinski definition) is 5. The van der Waals surface area contributed by atoms with Gasteiger partial charge in [-0.15, -0.1) is 0 Å². The van der Waals surface area contributed by atoms with Crippen LogP contribution in [0, 0.1) is 23.7 Å². The number of nitrogens with one attached hydrogen (secondary N) is 3. The normalized spacial score (nSPS) is 24.1. The maximum absolute atomic E-state index is 13.7. The highest BCUT2D eigenvalue weighted by Crippen LogP contribution is 2.43. The van der Waals surface area contributed by atoms with Crippen molar-refractivity contribution in [1.82, 2.24) is 15.5 Å². The largest absolute Gasteiger partial charge is 0.385 e. The number of hydrogen-bond donors (Lipinski definition) is 3. The van der Waals surface area contributed by atoms with E-state index in [0.29, 0.717) is 18.3 Å². The maximum atomic E-state index is 13.7. The lowest BCUT2D eigenvalue weighted by Crippen LogP contribution is -2.45. The van der Waals surface area contributed by atoms with Gasteiger partial charge in [-0.05, 0) is 66.0 Å². The van der Waals surface area contributed by atoms with Gasteiger partial charge in [0.15, 0.2) is 11.3 Å². The fourth-order valence-electron chi connectivity index (χ4n) is 5.95. The zero-order valence-electron chi connectivity index (χ0n) is 21.2. The SMILES string of the molecule is C[C@@H](C1CC1)C(Cc1ccccc1)C(=O)CN1C(=O)NC2(C=Cc3cc(NCC4CNC4)ccc32)C1=O. The van der Waals surface area contributed by atoms with Crippen LogP contribution < -0.4 is 16.0 Å². The predicted molar refractivity (Wildman–Crippen MR) is 143 cm³/mol. The summed E-state index contributed by atoms with van der Waals surface area (Å²) >= 11 is 0. The molecule has 3 N–H and O–H groups in total. The number of fused-ring (bicyclic) bond motifs is 2. The molecule has 1 spiro atoms. The lowest BCUT2D eigenvalue weighted by Gasteiger charge is -2.27. The van der Waals surface area contributed by atoms with Crippen molar-refractivity contribution in [2.45, 2.75) is 31.7 Å². The smallest absolute Gasteiger partial charge is 0.325 e. The molecule has 7 nitrogen and oxygen atoms in total. The Morgan fingerprint density at radius 2 is 1.92 bits per heavy atom. The van der Waals surface area contributed by atoms with Gasteiger partial charge in [-0.2, -0.15) is 0 Å². The molecule has 37 heavy (non-hydrogen) atoms. The molecule has 0 radical (unpaired) electrons. The van der Waals surface area contributed by atoms with Crippen LogP contribution in [0.4, 0.5) is 10.5 Å². The van der Waals surface area contributed by atoms with Crippen molar-refractivity contribution < 1.29 is 14.4 Å². The quantitative estimate of drug-likeness (QED) is 0.436. The zero-order chi connectivity index (χ0) is 25.6. The summed E-state index contributed by atoms with van der Waals surface area (Å²) in [5.74, 6) is 0.746. The number of carbonyl (C=O) groups excluding carboxylic acids is 3. The summed E-state index contributed by atoms with van der Waals surface area (Å²) < 4.78 is 0. The molecule has 4 aliphatic rings. The Hall–Kier alpha value is -3.45. The van der Waals surface area contributed by atoms with E-state index in [4.69, 9.17) is 0 Å². The van der Waals surface area contributed by atoms with Crippen molar-refractivity contribution in [2.24, 2.45) is 23.7 Å². The maximum Gasteiger partial charge on any atom is 0.325 e. The highest BCUT2D eigenvalue weighted by Gasteiger charge is 2.54. The van der Waals surface area contributed by atoms with Crippen LogP contribution in [0.3, 0.4) is 0 Å². The number of anilines is 1. The van der Waals surface area contributed by atoms with Gasteiger partial charge in [0.1, 0.15) is 0 Å². The molecule has 192 valence electrons. The molecule has 2 aromatic carbocycles. The van der Waals surface area contributed by atoms with Crippen LogP contribution in [0.15, 0.2) is 54.6 Å². The Labute approximate surface area is 217 Å². The topological polar surface area (TPSA) is 90.5 Å². The second-order valence-electron chi connectivity index (χ2n) is 11.1. The van der Waals surface area contributed by atoms with E-state index >= 15 is 0 Å². The van der Waals surface area contributed by atoms with Gasteiger partial charge in [-0.25, -0.2) is 4.79 Å². The van der Waals surface area contributed by atoms with Crippen LogP contribution >= 0.6 is 0 Å². The first-order chi connectivity index (χ1) is 17.9. The van der Waals surface area contributed by atoms with Crippen molar-refractivity contribution in [3.63, 3.8) is 0 Å². The number of amides is 3. The minimum absolute atomic E-state index is 0.0453. The van der Waals surface area contributed by atoms with E-state index in [-0.39, 0.29) is 30.1 Å². The van der Waals surface area contributed by atoms with E-state index in [2.05, 4.69) is 22.9 Å². The Bertz CT molecular complexity index is 1250. The minimum Gasteiger partial charge on any atom is -0.385 e. The summed E-state index contributed by atoms with van der Waals surface area (Å²) in [6.45, 7) is 4.90. The number of ketones is 1. The molecule has 2 aliphatic heterocycles. The lowest BCUT2D eigenvalue weighted by molar-refractivity contribution is -0.135. The van der Waals surface area contributed by atoms with E-state index in [1.165, 1.54) is 0 Å². The first kappa shape index (κ1) is 23.9. The molecule has 7 heteroatoms. The predicted octanol–water partition coefficient (Wildman–Crippen LogP) is 3.57. The first-order valence-corrected chi connectivity index (χ1v) is 13.4. The Balaban J connectivity index is 1.18. The molecule has 0 bridgehead atoms. The van der Waals surface area contributed by atoms with Gasteiger partial charge in [-0.3, -0.25) is 14.5 Å². The van der Waals surface area contributed by atoms with Gasteiger partial charge >= 0.3 is 6.03 Å². The van der Waals surface area contributed by atoms with Crippen LogP contribution in [0.1, 0.15) is 36.5 Å². The van der Waals surface area contributed by atoms with Crippen molar-refractivity contribution in [3.05, 3.63) is 71.3 Å². The van der Waals surface area contributed by atoms with Crippen LogP contribution in [0.2, 0.25) is 0 Å². The minimum atomic E-state index is -1.24. The second-order valence-corrected chi connectivity index (χ2v) is 11.1. The molecule has 2 aromatic rings. The Kier molecular flexibility index (Phi) is 6.11. The summed E-state index contributed by atoms with van der Waals surface area (Å²) in [7, 11) is 0. The van der Waals surface area contributed by atoms with Gasteiger partial charge in [0.2, 0.25) is 0 Å². The number of Topliss-reactive ketones (excluding diaryl/α,β-unsaturated/α-hetero) is 1. The molecule has 1 saturated carbocycles. The van der Waals surface area contributed by atoms with Gasteiger partial charge in [0.05, 0.1) is 6.54 Å². The molecule has 3 amide bonds. The molecule has 2 aliphatic carbocycles. The van der Waals surface area contributed by atoms with E-state index in [0.717, 1.165) is 59.8 Å². The zero-order valence-corrected chi connectivity index (χ0v) is 21.2. The van der Waals surface area contributed by atoms with E-state index < -0.39 is 11.6 Å². The third kappa shape index (κ3) is 4.46. The van der Waals surface area contributed by atoms with Gasteiger partial charge in [0.25, 0.3) is 5.91 Å². The van der Waals surface area contributed by atoms with E-state index in [9.17, 15) is 14.4 Å². The van der Waals surface area contributed by atoms with Gasteiger partial charge in [-0.1, -0.05) is 49.4 Å². The van der Waals surface area contributed by atoms with Crippen LogP contribution in [0.5, 0.6) is 0 Å². The number of nitrogens with zero attached hydrogens (tertiary/aromatic N) is 1. The summed E-state index contributed by atoms with van der Waals surface area (Å²) in [6, 6.07) is 15.4. The second kappa shape index (κ2) is 9.45. The monoisotopic (exact) mass is 498 g/mol. The Morgan fingerprint density at radius 3 is 2.62 bits per heavy atom. The van der Waals surface area contributed by atoms with Crippen molar-refractivity contribution in [3.8, 4) is 0 Å².